The maximum atomic E-state index is 12.1. The number of ether oxygens (including phenoxy) is 1. The molecule has 0 aliphatic heterocycles. The van der Waals surface area contributed by atoms with E-state index in [4.69, 9.17) is 4.74 Å². The van der Waals surface area contributed by atoms with E-state index in [9.17, 15) is 4.79 Å². The zero-order valence-electron chi connectivity index (χ0n) is 12.5. The molecule has 1 amide bonds. The van der Waals surface area contributed by atoms with Gasteiger partial charge in [0.05, 0.1) is 19.2 Å². The molecule has 3 aromatic rings. The summed E-state index contributed by atoms with van der Waals surface area (Å²) < 4.78 is 5.34. The predicted molar refractivity (Wildman–Crippen MR) is 90.7 cm³/mol. The van der Waals surface area contributed by atoms with Crippen LogP contribution in [0.5, 0.6) is 5.75 Å². The Hall–Kier alpha value is -2.73. The Morgan fingerprint density at radius 1 is 1.22 bits per heavy atom. The van der Waals surface area contributed by atoms with E-state index in [1.165, 1.54) is 6.33 Å². The van der Waals surface area contributed by atoms with E-state index in [0.717, 1.165) is 16.2 Å². The van der Waals surface area contributed by atoms with Gasteiger partial charge in [-0.25, -0.2) is 9.97 Å². The highest BCUT2D eigenvalue weighted by Crippen LogP contribution is 2.28. The number of rotatable bonds is 5. The van der Waals surface area contributed by atoms with Crippen LogP contribution in [0.3, 0.4) is 0 Å². The van der Waals surface area contributed by atoms with Crippen LogP contribution in [0.4, 0.5) is 5.82 Å². The van der Waals surface area contributed by atoms with Gasteiger partial charge in [0.1, 0.15) is 17.9 Å². The Morgan fingerprint density at radius 2 is 2.09 bits per heavy atom. The van der Waals surface area contributed by atoms with Crippen LogP contribution in [0, 0.1) is 0 Å². The molecular formula is C17H15N3O2S. The third-order valence-corrected chi connectivity index (χ3v) is 4.11. The van der Waals surface area contributed by atoms with Crippen molar-refractivity contribution in [3.63, 3.8) is 0 Å². The van der Waals surface area contributed by atoms with Gasteiger partial charge in [-0.05, 0) is 23.6 Å². The molecule has 0 atom stereocenters. The fraction of sp³-hybridized carbons (Fsp3) is 0.118. The predicted octanol–water partition coefficient (Wildman–Crippen LogP) is 3.39. The number of benzene rings is 1. The number of aromatic nitrogens is 2. The summed E-state index contributed by atoms with van der Waals surface area (Å²) in [5.74, 6) is 1.10. The first-order valence-electron chi connectivity index (χ1n) is 7.04. The number of amides is 1. The van der Waals surface area contributed by atoms with Crippen molar-refractivity contribution in [1.29, 1.82) is 0 Å². The van der Waals surface area contributed by atoms with Crippen LogP contribution < -0.4 is 10.1 Å². The molecule has 3 rings (SSSR count). The van der Waals surface area contributed by atoms with E-state index in [1.54, 1.807) is 24.5 Å². The first-order valence-corrected chi connectivity index (χ1v) is 7.92. The Labute approximate surface area is 138 Å². The summed E-state index contributed by atoms with van der Waals surface area (Å²) in [7, 11) is 1.61. The normalized spacial score (nSPS) is 10.3. The number of carbonyl (C=O) groups is 1. The molecule has 1 N–H and O–H groups in total. The van der Waals surface area contributed by atoms with Crippen LogP contribution in [-0.2, 0) is 11.2 Å². The molecular weight excluding hydrogens is 310 g/mol. The highest BCUT2D eigenvalue weighted by molar-refractivity contribution is 7.10. The minimum atomic E-state index is -0.0999. The number of methoxy groups -OCH3 is 1. The molecule has 2 aromatic heterocycles. The van der Waals surface area contributed by atoms with Gasteiger partial charge in [0.15, 0.2) is 0 Å². The maximum absolute atomic E-state index is 12.1. The second-order valence-corrected chi connectivity index (χ2v) is 5.83. The number of para-hydroxylation sites is 1. The van der Waals surface area contributed by atoms with E-state index in [1.807, 2.05) is 41.8 Å². The number of hydrogen-bond donors (Lipinski definition) is 1. The third kappa shape index (κ3) is 3.73. The molecule has 2 heterocycles. The van der Waals surface area contributed by atoms with Crippen LogP contribution in [0.1, 0.15) is 4.88 Å². The van der Waals surface area contributed by atoms with E-state index < -0.39 is 0 Å². The summed E-state index contributed by atoms with van der Waals surface area (Å²) in [5.41, 5.74) is 1.55. The first kappa shape index (κ1) is 15.2. The number of hydrogen-bond acceptors (Lipinski definition) is 5. The zero-order chi connectivity index (χ0) is 16.1. The van der Waals surface area contributed by atoms with Crippen molar-refractivity contribution in [2.24, 2.45) is 0 Å². The lowest BCUT2D eigenvalue weighted by atomic mass is 10.1. The van der Waals surface area contributed by atoms with E-state index >= 15 is 0 Å². The van der Waals surface area contributed by atoms with Crippen molar-refractivity contribution in [3.05, 3.63) is 59.0 Å². The molecule has 5 nitrogen and oxygen atoms in total. The molecule has 0 aliphatic rings. The van der Waals surface area contributed by atoms with Crippen LogP contribution >= 0.6 is 11.3 Å². The summed E-state index contributed by atoms with van der Waals surface area (Å²) in [5, 5.41) is 4.76. The summed E-state index contributed by atoms with van der Waals surface area (Å²) in [6.07, 6.45) is 1.77. The zero-order valence-corrected chi connectivity index (χ0v) is 13.3. The van der Waals surface area contributed by atoms with Gasteiger partial charge in [-0.2, -0.15) is 0 Å². The molecule has 0 radical (unpaired) electrons. The van der Waals surface area contributed by atoms with E-state index in [0.29, 0.717) is 17.9 Å². The van der Waals surface area contributed by atoms with E-state index in [2.05, 4.69) is 15.3 Å². The lowest BCUT2D eigenvalue weighted by Crippen LogP contribution is -2.14. The van der Waals surface area contributed by atoms with Crippen molar-refractivity contribution < 1.29 is 9.53 Å². The average Bonchev–Trinajstić information content (AvgIpc) is 3.07. The van der Waals surface area contributed by atoms with Crippen molar-refractivity contribution in [1.82, 2.24) is 9.97 Å². The molecule has 1 aromatic carbocycles. The largest absolute Gasteiger partial charge is 0.496 e. The number of anilines is 1. The Balaban J connectivity index is 1.78. The molecule has 0 unspecified atom stereocenters. The van der Waals surface area contributed by atoms with Gasteiger partial charge in [-0.3, -0.25) is 4.79 Å². The Kier molecular flexibility index (Phi) is 4.63. The molecule has 23 heavy (non-hydrogen) atoms. The van der Waals surface area contributed by atoms with Crippen LogP contribution in [0.2, 0.25) is 0 Å². The first-order chi connectivity index (χ1) is 11.3. The van der Waals surface area contributed by atoms with Gasteiger partial charge in [0.2, 0.25) is 5.91 Å². The maximum Gasteiger partial charge on any atom is 0.230 e. The molecule has 0 spiro atoms. The van der Waals surface area contributed by atoms with Gasteiger partial charge in [-0.15, -0.1) is 11.3 Å². The molecule has 0 bridgehead atoms. The van der Waals surface area contributed by atoms with Gasteiger partial charge in [0.25, 0.3) is 0 Å². The van der Waals surface area contributed by atoms with Gasteiger partial charge in [-0.1, -0.05) is 18.2 Å². The number of nitrogens with one attached hydrogen (secondary N) is 1. The Bertz CT molecular complexity index is 803. The minimum absolute atomic E-state index is 0.0999. The molecule has 0 fully saturated rings. The van der Waals surface area contributed by atoms with Crippen LogP contribution in [-0.4, -0.2) is 23.0 Å². The Morgan fingerprint density at radius 3 is 2.87 bits per heavy atom. The van der Waals surface area contributed by atoms with Gasteiger partial charge >= 0.3 is 0 Å². The fourth-order valence-corrected chi connectivity index (χ4v) is 2.89. The molecule has 0 saturated carbocycles. The summed E-state index contributed by atoms with van der Waals surface area (Å²) in [4.78, 5) is 21.4. The summed E-state index contributed by atoms with van der Waals surface area (Å²) >= 11 is 1.56. The second-order valence-electron chi connectivity index (χ2n) is 4.79. The highest BCUT2D eigenvalue weighted by Gasteiger charge is 2.10. The lowest BCUT2D eigenvalue weighted by molar-refractivity contribution is -0.115. The third-order valence-electron chi connectivity index (χ3n) is 3.23. The van der Waals surface area contributed by atoms with E-state index in [-0.39, 0.29) is 5.91 Å². The minimum Gasteiger partial charge on any atom is -0.496 e. The molecule has 0 saturated heterocycles. The highest BCUT2D eigenvalue weighted by atomic mass is 32.1. The summed E-state index contributed by atoms with van der Waals surface area (Å²) in [6.45, 7) is 0. The molecule has 0 aliphatic carbocycles. The van der Waals surface area contributed by atoms with Crippen molar-refractivity contribution in [2.45, 2.75) is 6.42 Å². The average molecular weight is 325 g/mol. The van der Waals surface area contributed by atoms with Crippen LogP contribution in [0.15, 0.2) is 54.2 Å². The monoisotopic (exact) mass is 325 g/mol. The number of thiophene rings is 1. The smallest absolute Gasteiger partial charge is 0.230 e. The second kappa shape index (κ2) is 7.02. The fourth-order valence-electron chi connectivity index (χ4n) is 2.19. The number of nitrogens with zero attached hydrogens (tertiary/aromatic N) is 2. The standard InChI is InChI=1S/C17H15N3O2S/c1-22-15-7-3-2-6-13(15)14-10-16(19-11-18-14)20-17(21)9-12-5-4-8-23-12/h2-8,10-11H,9H2,1H3,(H,18,19,20,21). The molecule has 6 heteroatoms. The van der Waals surface area contributed by atoms with Crippen molar-refractivity contribution >= 4 is 23.1 Å². The molecule has 116 valence electrons. The quantitative estimate of drug-likeness (QED) is 0.781. The lowest BCUT2D eigenvalue weighted by Gasteiger charge is -2.09. The SMILES string of the molecule is COc1ccccc1-c1cc(NC(=O)Cc2cccs2)ncn1. The van der Waals surface area contributed by atoms with Crippen molar-refractivity contribution in [2.75, 3.05) is 12.4 Å². The van der Waals surface area contributed by atoms with Crippen LogP contribution in [0.25, 0.3) is 11.3 Å². The summed E-state index contributed by atoms with van der Waals surface area (Å²) in [6, 6.07) is 13.2. The van der Waals surface area contributed by atoms with Gasteiger partial charge in [0, 0.05) is 16.5 Å². The van der Waals surface area contributed by atoms with Crippen molar-refractivity contribution in [3.8, 4) is 17.0 Å². The number of carbonyl (C=O) groups excluding carboxylic acids is 1. The topological polar surface area (TPSA) is 64.1 Å². The van der Waals surface area contributed by atoms with Gasteiger partial charge < -0.3 is 10.1 Å².